The summed E-state index contributed by atoms with van der Waals surface area (Å²) < 4.78 is 0. The Morgan fingerprint density at radius 3 is 2.65 bits per heavy atom. The molecular weight excluding hydrogens is 304 g/mol. The first-order valence-corrected chi connectivity index (χ1v) is 10.1. The first-order valence-electron chi connectivity index (χ1n) is 9.75. The summed E-state index contributed by atoms with van der Waals surface area (Å²) in [6, 6.07) is 10.4. The van der Waals surface area contributed by atoms with Crippen molar-refractivity contribution in [2.24, 2.45) is 5.92 Å². The van der Waals surface area contributed by atoms with Crippen molar-refractivity contribution in [2.45, 2.75) is 63.6 Å². The third-order valence-corrected chi connectivity index (χ3v) is 6.92. The summed E-state index contributed by atoms with van der Waals surface area (Å²) in [5.74, 6) is 0.969. The van der Waals surface area contributed by atoms with Gasteiger partial charge in [-0.25, -0.2) is 0 Å². The van der Waals surface area contributed by atoms with Crippen LogP contribution in [0.2, 0.25) is 5.02 Å². The minimum Gasteiger partial charge on any atom is -0.323 e. The molecule has 0 spiro atoms. The van der Waals surface area contributed by atoms with Crippen LogP contribution in [0.5, 0.6) is 0 Å². The summed E-state index contributed by atoms with van der Waals surface area (Å²) in [5.41, 5.74) is 1.43. The quantitative estimate of drug-likeness (QED) is 0.833. The van der Waals surface area contributed by atoms with Gasteiger partial charge in [-0.3, -0.25) is 0 Å². The molecule has 2 aliphatic heterocycles. The lowest BCUT2D eigenvalue weighted by Crippen LogP contribution is -3.32. The van der Waals surface area contributed by atoms with E-state index in [9.17, 15) is 0 Å². The summed E-state index contributed by atoms with van der Waals surface area (Å²) in [6.45, 7) is 5.33. The Bertz CT molecular complexity index is 526. The van der Waals surface area contributed by atoms with Gasteiger partial charge in [0.25, 0.3) is 0 Å². The second-order valence-electron chi connectivity index (χ2n) is 8.05. The summed E-state index contributed by atoms with van der Waals surface area (Å²) in [7, 11) is 0. The van der Waals surface area contributed by atoms with Gasteiger partial charge < -0.3 is 9.80 Å². The highest BCUT2D eigenvalue weighted by atomic mass is 35.5. The molecule has 1 aromatic carbocycles. The number of halogens is 1. The van der Waals surface area contributed by atoms with Gasteiger partial charge in [0.05, 0.1) is 6.54 Å². The largest absolute Gasteiger partial charge is 0.323 e. The summed E-state index contributed by atoms with van der Waals surface area (Å²) in [5, 5.41) is 0.890. The van der Waals surface area contributed by atoms with Crippen molar-refractivity contribution in [3.63, 3.8) is 0 Å². The summed E-state index contributed by atoms with van der Waals surface area (Å²) in [4.78, 5) is 3.78. The van der Waals surface area contributed by atoms with Crippen molar-refractivity contribution in [1.29, 1.82) is 0 Å². The van der Waals surface area contributed by atoms with Gasteiger partial charge in [0, 0.05) is 29.3 Å². The molecule has 23 heavy (non-hydrogen) atoms. The second kappa shape index (κ2) is 7.13. The Hall–Kier alpha value is -0.570. The van der Waals surface area contributed by atoms with Crippen LogP contribution >= 0.6 is 11.6 Å². The van der Waals surface area contributed by atoms with E-state index in [0.717, 1.165) is 23.0 Å². The van der Waals surface area contributed by atoms with Crippen LogP contribution in [0.3, 0.4) is 0 Å². The van der Waals surface area contributed by atoms with Gasteiger partial charge in [0.15, 0.2) is 0 Å². The second-order valence-corrected chi connectivity index (χ2v) is 8.48. The van der Waals surface area contributed by atoms with E-state index >= 15 is 0 Å². The molecule has 126 valence electrons. The minimum absolute atomic E-state index is 0.889. The molecule has 2 unspecified atom stereocenters. The molecule has 3 fully saturated rings. The molecule has 1 aliphatic carbocycles. The zero-order chi connectivity index (χ0) is 15.6. The van der Waals surface area contributed by atoms with Gasteiger partial charge in [-0.15, -0.1) is 0 Å². The average molecular weight is 335 g/mol. The maximum atomic E-state index is 6.22. The molecule has 4 atom stereocenters. The zero-order valence-corrected chi connectivity index (χ0v) is 15.0. The van der Waals surface area contributed by atoms with Gasteiger partial charge in [-0.1, -0.05) is 43.0 Å². The molecule has 2 N–H and O–H groups in total. The van der Waals surface area contributed by atoms with Crippen molar-refractivity contribution in [3.8, 4) is 0 Å². The summed E-state index contributed by atoms with van der Waals surface area (Å²) in [6.07, 6.45) is 10.3. The number of fused-ring (bicyclic) bond motifs is 1. The third kappa shape index (κ3) is 3.45. The Balaban J connectivity index is 1.55. The van der Waals surface area contributed by atoms with Crippen molar-refractivity contribution in [1.82, 2.24) is 0 Å². The Labute approximate surface area is 145 Å². The molecule has 0 aromatic heterocycles. The highest BCUT2D eigenvalue weighted by Crippen LogP contribution is 2.28. The number of hydrogen-bond acceptors (Lipinski definition) is 0. The third-order valence-electron chi connectivity index (χ3n) is 6.69. The summed E-state index contributed by atoms with van der Waals surface area (Å²) >= 11 is 6.22. The van der Waals surface area contributed by atoms with Crippen LogP contribution in [0, 0.1) is 5.92 Å². The van der Waals surface area contributed by atoms with E-state index in [1.165, 1.54) is 76.7 Å². The Kier molecular flexibility index (Phi) is 4.93. The molecule has 3 heteroatoms. The normalized spacial score (nSPS) is 35.2. The van der Waals surface area contributed by atoms with Gasteiger partial charge in [-0.2, -0.15) is 0 Å². The molecule has 2 heterocycles. The topological polar surface area (TPSA) is 8.88 Å². The van der Waals surface area contributed by atoms with Gasteiger partial charge in [0.1, 0.15) is 31.7 Å². The molecule has 0 bridgehead atoms. The lowest BCUT2D eigenvalue weighted by atomic mass is 9.78. The van der Waals surface area contributed by atoms with Crippen LogP contribution in [-0.2, 0) is 6.54 Å². The van der Waals surface area contributed by atoms with E-state index in [4.69, 9.17) is 11.6 Å². The standard InChI is InChI=1S/C20H29ClN2/c21-18-9-4-6-16(14-18)15-23-13-12-22-11-5-10-19(22)20(23)17-7-2-1-3-8-17/h4,6,9,14,17,19-20H,1-3,5,7-8,10-13,15H2/p+2/t19-,20+/m1/s1. The molecule has 0 radical (unpaired) electrons. The van der Waals surface area contributed by atoms with Crippen LogP contribution in [0.15, 0.2) is 24.3 Å². The minimum atomic E-state index is 0.889. The van der Waals surface area contributed by atoms with Crippen LogP contribution in [0.25, 0.3) is 0 Å². The van der Waals surface area contributed by atoms with E-state index in [1.807, 2.05) is 15.9 Å². The highest BCUT2D eigenvalue weighted by molar-refractivity contribution is 6.30. The SMILES string of the molecule is Clc1cccc(C[NH+]2CC[NH+]3CCC[C@@H]3[C@@H]2C2CCCCC2)c1. The maximum Gasteiger partial charge on any atom is 0.143 e. The lowest BCUT2D eigenvalue weighted by molar-refractivity contribution is -1.05. The fourth-order valence-corrected chi connectivity index (χ4v) is 5.94. The first-order chi connectivity index (χ1) is 11.3. The molecule has 2 saturated heterocycles. The smallest absolute Gasteiger partial charge is 0.143 e. The number of piperazine rings is 1. The maximum absolute atomic E-state index is 6.22. The highest BCUT2D eigenvalue weighted by Gasteiger charge is 2.49. The van der Waals surface area contributed by atoms with Crippen molar-refractivity contribution in [2.75, 3.05) is 19.6 Å². The number of rotatable bonds is 3. The molecular formula is C20H31ClN2+2. The van der Waals surface area contributed by atoms with Crippen molar-refractivity contribution < 1.29 is 9.80 Å². The lowest BCUT2D eigenvalue weighted by Gasteiger charge is -2.44. The van der Waals surface area contributed by atoms with E-state index in [2.05, 4.69) is 18.2 Å². The molecule has 1 aromatic rings. The Morgan fingerprint density at radius 2 is 1.83 bits per heavy atom. The number of nitrogens with one attached hydrogen (secondary N) is 2. The fourth-order valence-electron chi connectivity index (χ4n) is 5.73. The molecule has 2 nitrogen and oxygen atoms in total. The number of quaternary nitrogens is 2. The van der Waals surface area contributed by atoms with Gasteiger partial charge in [-0.05, 0) is 25.0 Å². The van der Waals surface area contributed by atoms with Crippen LogP contribution in [0.4, 0.5) is 0 Å². The van der Waals surface area contributed by atoms with Gasteiger partial charge in [0.2, 0.25) is 0 Å². The predicted molar refractivity (Wildman–Crippen MR) is 95.1 cm³/mol. The van der Waals surface area contributed by atoms with Crippen LogP contribution in [-0.4, -0.2) is 31.7 Å². The van der Waals surface area contributed by atoms with Gasteiger partial charge >= 0.3 is 0 Å². The van der Waals surface area contributed by atoms with E-state index in [0.29, 0.717) is 0 Å². The van der Waals surface area contributed by atoms with E-state index in [1.54, 1.807) is 0 Å². The Morgan fingerprint density at radius 1 is 0.957 bits per heavy atom. The fraction of sp³-hybridized carbons (Fsp3) is 0.700. The molecule has 4 rings (SSSR count). The molecule has 3 aliphatic rings. The monoisotopic (exact) mass is 334 g/mol. The number of hydrogen-bond donors (Lipinski definition) is 2. The average Bonchev–Trinajstić information content (AvgIpc) is 3.04. The molecule has 1 saturated carbocycles. The van der Waals surface area contributed by atoms with Crippen molar-refractivity contribution >= 4 is 11.6 Å². The van der Waals surface area contributed by atoms with E-state index < -0.39 is 0 Å². The predicted octanol–water partition coefficient (Wildman–Crippen LogP) is 1.73. The van der Waals surface area contributed by atoms with Crippen molar-refractivity contribution in [3.05, 3.63) is 34.9 Å². The zero-order valence-electron chi connectivity index (χ0n) is 14.2. The van der Waals surface area contributed by atoms with E-state index in [-0.39, 0.29) is 0 Å². The number of benzene rings is 1. The molecule has 0 amide bonds. The van der Waals surface area contributed by atoms with Crippen LogP contribution in [0.1, 0.15) is 50.5 Å². The van der Waals surface area contributed by atoms with Crippen LogP contribution < -0.4 is 9.80 Å². The first kappa shape index (κ1) is 15.9.